The summed E-state index contributed by atoms with van der Waals surface area (Å²) in [5.41, 5.74) is 0. The van der Waals surface area contributed by atoms with Gasteiger partial charge in [-0.25, -0.2) is 8.60 Å². The van der Waals surface area contributed by atoms with Gasteiger partial charge in [0.2, 0.25) is 11.2 Å². The van der Waals surface area contributed by atoms with E-state index < -0.39 is 17.0 Å². The number of hydrogen-bond donors (Lipinski definition) is 0. The van der Waals surface area contributed by atoms with Crippen LogP contribution in [0.2, 0.25) is 0 Å². The highest BCUT2D eigenvalue weighted by molar-refractivity contribution is 7.79. The van der Waals surface area contributed by atoms with Gasteiger partial charge in [0.05, 0.1) is 4.90 Å². The Kier molecular flexibility index (Phi) is 2.11. The number of hydrogen-bond acceptors (Lipinski definition) is 1. The van der Waals surface area contributed by atoms with Crippen molar-refractivity contribution in [3.05, 3.63) is 30.1 Å². The maximum absolute atomic E-state index is 12.1. The summed E-state index contributed by atoms with van der Waals surface area (Å²) in [6.07, 6.45) is 0. The topological polar surface area (TPSA) is 17.1 Å². The third-order valence-electron chi connectivity index (χ3n) is 0.999. The molecule has 0 aliphatic heterocycles. The number of benzene rings is 1. The van der Waals surface area contributed by atoms with Gasteiger partial charge in [-0.3, -0.25) is 0 Å². The SMILES string of the molecule is O=S(F)c1ccc(F)cc1. The first kappa shape index (κ1) is 7.34. The molecule has 1 atom stereocenters. The third kappa shape index (κ3) is 1.60. The van der Waals surface area contributed by atoms with Gasteiger partial charge in [-0.05, 0) is 24.3 Å². The van der Waals surface area contributed by atoms with Crippen LogP contribution in [0.5, 0.6) is 0 Å². The largest absolute Gasteiger partial charge is 0.231 e. The molecular weight excluding hydrogens is 158 g/mol. The number of rotatable bonds is 1. The molecule has 0 N–H and O–H groups in total. The summed E-state index contributed by atoms with van der Waals surface area (Å²) in [6, 6.07) is 4.41. The van der Waals surface area contributed by atoms with Crippen LogP contribution in [-0.4, -0.2) is 4.21 Å². The molecule has 4 heteroatoms. The lowest BCUT2D eigenvalue weighted by atomic mass is 10.4. The van der Waals surface area contributed by atoms with Crippen molar-refractivity contribution in [3.63, 3.8) is 0 Å². The molecule has 1 aromatic rings. The first-order valence-corrected chi connectivity index (χ1v) is 3.59. The zero-order valence-corrected chi connectivity index (χ0v) is 5.70. The molecule has 0 amide bonds. The minimum absolute atomic E-state index is 0.0126. The van der Waals surface area contributed by atoms with Crippen molar-refractivity contribution < 1.29 is 12.5 Å². The Labute approximate surface area is 59.4 Å². The van der Waals surface area contributed by atoms with E-state index >= 15 is 0 Å². The summed E-state index contributed by atoms with van der Waals surface area (Å²) in [6.45, 7) is 0. The Balaban J connectivity index is 3.00. The molecule has 1 aromatic carbocycles. The third-order valence-corrected chi connectivity index (χ3v) is 1.64. The summed E-state index contributed by atoms with van der Waals surface area (Å²) >= 11 is -2.50. The molecule has 0 bridgehead atoms. The molecule has 1 nitrogen and oxygen atoms in total. The van der Waals surface area contributed by atoms with Crippen LogP contribution in [-0.2, 0) is 11.2 Å². The van der Waals surface area contributed by atoms with Crippen molar-refractivity contribution in [1.29, 1.82) is 0 Å². The zero-order valence-electron chi connectivity index (χ0n) is 4.88. The molecule has 54 valence electrons. The van der Waals surface area contributed by atoms with Gasteiger partial charge < -0.3 is 0 Å². The van der Waals surface area contributed by atoms with E-state index in [4.69, 9.17) is 0 Å². The van der Waals surface area contributed by atoms with Crippen LogP contribution in [0.4, 0.5) is 8.28 Å². The van der Waals surface area contributed by atoms with E-state index in [9.17, 15) is 12.5 Å². The smallest absolute Gasteiger partial charge is 0.219 e. The van der Waals surface area contributed by atoms with E-state index in [1.54, 1.807) is 0 Å². The van der Waals surface area contributed by atoms with Gasteiger partial charge in [0.25, 0.3) is 0 Å². The minimum Gasteiger partial charge on any atom is -0.219 e. The molecule has 1 rings (SSSR count). The van der Waals surface area contributed by atoms with E-state index in [1.807, 2.05) is 0 Å². The fraction of sp³-hybridized carbons (Fsp3) is 0. The summed E-state index contributed by atoms with van der Waals surface area (Å²) < 4.78 is 34.1. The van der Waals surface area contributed by atoms with Crippen LogP contribution >= 0.6 is 0 Å². The van der Waals surface area contributed by atoms with Gasteiger partial charge in [-0.1, -0.05) is 0 Å². The Morgan fingerprint density at radius 3 is 2.10 bits per heavy atom. The van der Waals surface area contributed by atoms with Gasteiger partial charge in [0, 0.05) is 0 Å². The predicted octanol–water partition coefficient (Wildman–Crippen LogP) is 1.82. The standard InChI is InChI=1S/C6H4F2OS/c7-5-1-3-6(4-2-5)10(8)9/h1-4H. The molecule has 0 aliphatic carbocycles. The van der Waals surface area contributed by atoms with Crippen molar-refractivity contribution >= 4 is 11.2 Å². The molecule has 0 heterocycles. The summed E-state index contributed by atoms with van der Waals surface area (Å²) in [4.78, 5) is -0.0126. The van der Waals surface area contributed by atoms with Crippen LogP contribution in [0, 0.1) is 5.82 Å². The molecular formula is C6H4F2OS. The highest BCUT2D eigenvalue weighted by Crippen LogP contribution is 2.07. The van der Waals surface area contributed by atoms with Gasteiger partial charge in [0.1, 0.15) is 5.82 Å². The van der Waals surface area contributed by atoms with Crippen molar-refractivity contribution in [2.24, 2.45) is 0 Å². The maximum Gasteiger partial charge on any atom is 0.231 e. The zero-order chi connectivity index (χ0) is 7.56. The molecule has 0 aliphatic rings. The van der Waals surface area contributed by atoms with Crippen molar-refractivity contribution in [2.75, 3.05) is 0 Å². The first-order chi connectivity index (χ1) is 4.70. The molecule has 0 fully saturated rings. The Morgan fingerprint density at radius 1 is 1.20 bits per heavy atom. The Hall–Kier alpha value is -0.770. The van der Waals surface area contributed by atoms with E-state index in [-0.39, 0.29) is 4.90 Å². The summed E-state index contributed by atoms with van der Waals surface area (Å²) in [5, 5.41) is 0. The maximum atomic E-state index is 12.1. The fourth-order valence-corrected chi connectivity index (χ4v) is 0.892. The van der Waals surface area contributed by atoms with E-state index in [0.29, 0.717) is 0 Å². The molecule has 1 unspecified atom stereocenters. The second-order valence-corrected chi connectivity index (χ2v) is 2.60. The highest BCUT2D eigenvalue weighted by Gasteiger charge is 1.99. The highest BCUT2D eigenvalue weighted by atomic mass is 32.2. The van der Waals surface area contributed by atoms with Crippen LogP contribution in [0.25, 0.3) is 0 Å². The van der Waals surface area contributed by atoms with Gasteiger partial charge in [-0.2, -0.15) is 0 Å². The van der Waals surface area contributed by atoms with E-state index in [1.165, 1.54) is 0 Å². The van der Waals surface area contributed by atoms with Gasteiger partial charge in [-0.15, -0.1) is 3.89 Å². The lowest BCUT2D eigenvalue weighted by Crippen LogP contribution is -1.81. The van der Waals surface area contributed by atoms with Crippen LogP contribution in [0.3, 0.4) is 0 Å². The van der Waals surface area contributed by atoms with Crippen LogP contribution < -0.4 is 0 Å². The molecule has 0 radical (unpaired) electrons. The lowest BCUT2D eigenvalue weighted by molar-refractivity contribution is 0.625. The first-order valence-electron chi connectivity index (χ1n) is 2.54. The van der Waals surface area contributed by atoms with Crippen molar-refractivity contribution in [3.8, 4) is 0 Å². The van der Waals surface area contributed by atoms with E-state index in [2.05, 4.69) is 0 Å². The van der Waals surface area contributed by atoms with Crippen LogP contribution in [0.1, 0.15) is 0 Å². The van der Waals surface area contributed by atoms with Gasteiger partial charge in [0.15, 0.2) is 0 Å². The second kappa shape index (κ2) is 2.88. The molecule has 0 spiro atoms. The molecule has 10 heavy (non-hydrogen) atoms. The molecule has 0 saturated heterocycles. The predicted molar refractivity (Wildman–Crippen MR) is 33.9 cm³/mol. The Morgan fingerprint density at radius 2 is 1.70 bits per heavy atom. The average Bonchev–Trinajstić information content (AvgIpc) is 1.88. The van der Waals surface area contributed by atoms with E-state index in [0.717, 1.165) is 24.3 Å². The lowest BCUT2D eigenvalue weighted by Gasteiger charge is -1.89. The van der Waals surface area contributed by atoms with Gasteiger partial charge >= 0.3 is 0 Å². The Bertz CT molecular complexity index is 244. The second-order valence-electron chi connectivity index (χ2n) is 1.68. The normalized spacial score (nSPS) is 13.0. The minimum atomic E-state index is -2.50. The van der Waals surface area contributed by atoms with Crippen molar-refractivity contribution in [2.45, 2.75) is 4.90 Å². The quantitative estimate of drug-likeness (QED) is 0.575. The average molecular weight is 162 g/mol. The summed E-state index contributed by atoms with van der Waals surface area (Å²) in [7, 11) is 0. The molecule has 0 aromatic heterocycles. The fourth-order valence-electron chi connectivity index (χ4n) is 0.542. The molecule has 0 saturated carbocycles. The van der Waals surface area contributed by atoms with Crippen LogP contribution in [0.15, 0.2) is 29.2 Å². The van der Waals surface area contributed by atoms with Crippen molar-refractivity contribution in [1.82, 2.24) is 0 Å². The summed E-state index contributed by atoms with van der Waals surface area (Å²) in [5.74, 6) is -0.464. The monoisotopic (exact) mass is 162 g/mol. The number of halogens is 2.